The molecule has 26 heavy (non-hydrogen) atoms. The van der Waals surface area contributed by atoms with Crippen molar-refractivity contribution in [3.63, 3.8) is 0 Å². The lowest BCUT2D eigenvalue weighted by atomic mass is 9.97. The molecule has 1 aromatic carbocycles. The first kappa shape index (κ1) is 16.8. The Hall–Kier alpha value is -2.67. The Morgan fingerprint density at radius 3 is 3.00 bits per heavy atom. The van der Waals surface area contributed by atoms with E-state index in [9.17, 15) is 9.90 Å². The first-order valence-corrected chi connectivity index (χ1v) is 8.89. The fraction of sp³-hybridized carbons (Fsp3) is 0.421. The number of carbonyl (C=O) groups is 1. The highest BCUT2D eigenvalue weighted by atomic mass is 16.5. The molecule has 1 fully saturated rings. The predicted octanol–water partition coefficient (Wildman–Crippen LogP) is 2.03. The van der Waals surface area contributed by atoms with Crippen molar-refractivity contribution in [1.82, 2.24) is 20.0 Å². The molecule has 2 aromatic heterocycles. The molecule has 0 saturated carbocycles. The summed E-state index contributed by atoms with van der Waals surface area (Å²) in [4.78, 5) is 22.0. The topological polar surface area (TPSA) is 95.2 Å². The average molecular weight is 354 g/mol. The van der Waals surface area contributed by atoms with Crippen LogP contribution in [-0.4, -0.2) is 50.7 Å². The monoisotopic (exact) mass is 354 g/mol. The van der Waals surface area contributed by atoms with Gasteiger partial charge in [-0.3, -0.25) is 4.79 Å². The molecule has 2 N–H and O–H groups in total. The van der Waals surface area contributed by atoms with Crippen LogP contribution in [0.1, 0.15) is 29.6 Å². The van der Waals surface area contributed by atoms with Gasteiger partial charge in [0.2, 0.25) is 11.8 Å². The number of aromatic amines is 1. The number of hydrogen-bond acceptors (Lipinski definition) is 5. The van der Waals surface area contributed by atoms with Crippen LogP contribution in [0.4, 0.5) is 0 Å². The van der Waals surface area contributed by atoms with Gasteiger partial charge < -0.3 is 19.5 Å². The molecule has 1 aliphatic rings. The number of aromatic nitrogens is 3. The number of fused-ring (bicyclic) bond motifs is 1. The fourth-order valence-electron chi connectivity index (χ4n) is 3.74. The lowest BCUT2D eigenvalue weighted by Crippen LogP contribution is -2.29. The van der Waals surface area contributed by atoms with Crippen LogP contribution in [0.5, 0.6) is 0 Å². The molecular weight excluding hydrogens is 332 g/mol. The minimum absolute atomic E-state index is 0.00166. The molecule has 3 heterocycles. The van der Waals surface area contributed by atoms with E-state index in [-0.39, 0.29) is 24.3 Å². The number of nitrogens with zero attached hydrogens (tertiary/aromatic N) is 3. The van der Waals surface area contributed by atoms with Crippen molar-refractivity contribution in [3.05, 3.63) is 47.7 Å². The van der Waals surface area contributed by atoms with E-state index < -0.39 is 0 Å². The maximum absolute atomic E-state index is 12.7. The fourth-order valence-corrected chi connectivity index (χ4v) is 3.74. The number of amides is 1. The molecule has 0 unspecified atom stereocenters. The molecule has 4 rings (SSSR count). The quantitative estimate of drug-likeness (QED) is 0.731. The normalized spacial score (nSPS) is 20.2. The molecule has 7 heteroatoms. The van der Waals surface area contributed by atoms with E-state index in [0.717, 1.165) is 16.5 Å². The standard InChI is InChI=1S/C19H22N4O3/c1-12-21-19(26-22-12)16-10-23(9-14(16)11-24)18(25)7-6-13-8-20-17-5-3-2-4-15(13)17/h2-5,8,14,16,20,24H,6-7,9-11H2,1H3/t14-,16+/m0/s1. The second kappa shape index (κ2) is 6.92. The zero-order chi connectivity index (χ0) is 18.1. The van der Waals surface area contributed by atoms with E-state index >= 15 is 0 Å². The number of aliphatic hydroxyl groups is 1. The summed E-state index contributed by atoms with van der Waals surface area (Å²) in [5.74, 6) is 1.01. The molecule has 1 amide bonds. The van der Waals surface area contributed by atoms with Crippen molar-refractivity contribution in [2.45, 2.75) is 25.7 Å². The van der Waals surface area contributed by atoms with E-state index in [1.54, 1.807) is 11.8 Å². The third-order valence-electron chi connectivity index (χ3n) is 5.17. The summed E-state index contributed by atoms with van der Waals surface area (Å²) in [5.41, 5.74) is 2.24. The summed E-state index contributed by atoms with van der Waals surface area (Å²) in [7, 11) is 0. The number of aryl methyl sites for hydroxylation is 2. The Labute approximate surface area is 151 Å². The van der Waals surface area contributed by atoms with Gasteiger partial charge in [-0.2, -0.15) is 4.98 Å². The summed E-state index contributed by atoms with van der Waals surface area (Å²) >= 11 is 0. The lowest BCUT2D eigenvalue weighted by Gasteiger charge is -2.15. The van der Waals surface area contributed by atoms with E-state index in [1.165, 1.54) is 0 Å². The Morgan fingerprint density at radius 2 is 2.23 bits per heavy atom. The molecule has 3 aromatic rings. The Bertz CT molecular complexity index is 916. The minimum Gasteiger partial charge on any atom is -0.396 e. The van der Waals surface area contributed by atoms with Gasteiger partial charge in [0.05, 0.1) is 5.92 Å². The maximum atomic E-state index is 12.7. The van der Waals surface area contributed by atoms with E-state index in [4.69, 9.17) is 4.52 Å². The van der Waals surface area contributed by atoms with Crippen molar-refractivity contribution < 1.29 is 14.4 Å². The molecule has 0 bridgehead atoms. The number of hydrogen-bond donors (Lipinski definition) is 2. The van der Waals surface area contributed by atoms with Crippen LogP contribution in [0.15, 0.2) is 35.0 Å². The zero-order valence-electron chi connectivity index (χ0n) is 14.7. The summed E-state index contributed by atoms with van der Waals surface area (Å²) in [6.45, 7) is 2.80. The van der Waals surface area contributed by atoms with Crippen LogP contribution in [0.2, 0.25) is 0 Å². The van der Waals surface area contributed by atoms with Gasteiger partial charge >= 0.3 is 0 Å². The molecule has 1 aliphatic heterocycles. The Balaban J connectivity index is 1.42. The van der Waals surface area contributed by atoms with E-state index in [1.807, 2.05) is 24.4 Å². The van der Waals surface area contributed by atoms with Crippen molar-refractivity contribution in [2.24, 2.45) is 5.92 Å². The van der Waals surface area contributed by atoms with Crippen molar-refractivity contribution in [2.75, 3.05) is 19.7 Å². The van der Waals surface area contributed by atoms with Gasteiger partial charge in [0.1, 0.15) is 0 Å². The second-order valence-corrected chi connectivity index (χ2v) is 6.89. The summed E-state index contributed by atoms with van der Waals surface area (Å²) in [6.07, 6.45) is 3.10. The van der Waals surface area contributed by atoms with Gasteiger partial charge in [-0.15, -0.1) is 0 Å². The molecule has 7 nitrogen and oxygen atoms in total. The lowest BCUT2D eigenvalue weighted by molar-refractivity contribution is -0.130. The number of aliphatic hydroxyl groups excluding tert-OH is 1. The number of para-hydroxylation sites is 1. The number of likely N-dealkylation sites (tertiary alicyclic amines) is 1. The van der Waals surface area contributed by atoms with Crippen LogP contribution in [0, 0.1) is 12.8 Å². The molecular formula is C19H22N4O3. The number of nitrogens with one attached hydrogen (secondary N) is 1. The van der Waals surface area contributed by atoms with Gasteiger partial charge in [0.25, 0.3) is 0 Å². The van der Waals surface area contributed by atoms with Crippen molar-refractivity contribution in [3.8, 4) is 0 Å². The van der Waals surface area contributed by atoms with Gasteiger partial charge in [-0.25, -0.2) is 0 Å². The van der Waals surface area contributed by atoms with Crippen LogP contribution >= 0.6 is 0 Å². The smallest absolute Gasteiger partial charge is 0.231 e. The molecule has 0 spiro atoms. The summed E-state index contributed by atoms with van der Waals surface area (Å²) in [5, 5.41) is 14.7. The van der Waals surface area contributed by atoms with Crippen LogP contribution in [0.25, 0.3) is 10.9 Å². The third-order valence-corrected chi connectivity index (χ3v) is 5.17. The zero-order valence-corrected chi connectivity index (χ0v) is 14.7. The molecule has 0 radical (unpaired) electrons. The molecule has 1 saturated heterocycles. The van der Waals surface area contributed by atoms with E-state index in [0.29, 0.717) is 37.6 Å². The van der Waals surface area contributed by atoms with E-state index in [2.05, 4.69) is 21.2 Å². The highest BCUT2D eigenvalue weighted by molar-refractivity contribution is 5.84. The molecule has 0 aliphatic carbocycles. The van der Waals surface area contributed by atoms with Crippen LogP contribution in [0.3, 0.4) is 0 Å². The van der Waals surface area contributed by atoms with Crippen LogP contribution < -0.4 is 0 Å². The largest absolute Gasteiger partial charge is 0.396 e. The van der Waals surface area contributed by atoms with Crippen molar-refractivity contribution in [1.29, 1.82) is 0 Å². The highest BCUT2D eigenvalue weighted by Gasteiger charge is 2.38. The van der Waals surface area contributed by atoms with Crippen LogP contribution in [-0.2, 0) is 11.2 Å². The third kappa shape index (κ3) is 3.10. The Morgan fingerprint density at radius 1 is 1.38 bits per heavy atom. The minimum atomic E-state index is -0.0989. The maximum Gasteiger partial charge on any atom is 0.231 e. The number of rotatable bonds is 5. The SMILES string of the molecule is Cc1noc([C@@H]2CN(C(=O)CCc3c[nH]c4ccccc34)C[C@H]2CO)n1. The average Bonchev–Trinajstić information content (AvgIpc) is 3.37. The van der Waals surface area contributed by atoms with Gasteiger partial charge in [-0.05, 0) is 25.0 Å². The van der Waals surface area contributed by atoms with Crippen molar-refractivity contribution >= 4 is 16.8 Å². The first-order chi connectivity index (χ1) is 12.7. The van der Waals surface area contributed by atoms with Gasteiger partial charge in [0.15, 0.2) is 5.82 Å². The summed E-state index contributed by atoms with van der Waals surface area (Å²) in [6, 6.07) is 8.10. The first-order valence-electron chi connectivity index (χ1n) is 8.89. The molecule has 2 atom stereocenters. The number of carbonyl (C=O) groups excluding carboxylic acids is 1. The number of H-pyrrole nitrogens is 1. The molecule has 136 valence electrons. The highest BCUT2D eigenvalue weighted by Crippen LogP contribution is 2.32. The second-order valence-electron chi connectivity index (χ2n) is 6.89. The Kier molecular flexibility index (Phi) is 4.46. The summed E-state index contributed by atoms with van der Waals surface area (Å²) < 4.78 is 5.26. The predicted molar refractivity (Wildman–Crippen MR) is 95.6 cm³/mol. The van der Waals surface area contributed by atoms with Gasteiger partial charge in [0, 0.05) is 49.1 Å². The number of benzene rings is 1. The van der Waals surface area contributed by atoms with Gasteiger partial charge in [-0.1, -0.05) is 23.4 Å².